The second-order valence-electron chi connectivity index (χ2n) is 6.41. The molecule has 1 aliphatic carbocycles. The molecular formula is C19H31NO. The molecule has 118 valence electrons. The Balaban J connectivity index is 2.12. The Kier molecular flexibility index (Phi) is 6.56. The number of methoxy groups -OCH3 is 1. The number of hydrogen-bond acceptors (Lipinski definition) is 2. The standard InChI is InChI=1S/C19H31NO/c1-4-13-20-19(16-9-11-18(21-3)12-10-16)17-8-6-7-15(5-2)14-17/h9-12,15,17,19-20H,4-8,13-14H2,1-3H3. The van der Waals surface area contributed by atoms with Crippen LogP contribution in [0.1, 0.15) is 64.0 Å². The van der Waals surface area contributed by atoms with E-state index < -0.39 is 0 Å². The highest BCUT2D eigenvalue weighted by Gasteiger charge is 2.28. The highest BCUT2D eigenvalue weighted by atomic mass is 16.5. The Morgan fingerprint density at radius 2 is 1.95 bits per heavy atom. The van der Waals surface area contributed by atoms with E-state index in [9.17, 15) is 0 Å². The number of ether oxygens (including phenoxy) is 1. The van der Waals surface area contributed by atoms with Gasteiger partial charge >= 0.3 is 0 Å². The van der Waals surface area contributed by atoms with Crippen LogP contribution < -0.4 is 10.1 Å². The van der Waals surface area contributed by atoms with Gasteiger partial charge in [0.15, 0.2) is 0 Å². The predicted molar refractivity (Wildman–Crippen MR) is 89.8 cm³/mol. The van der Waals surface area contributed by atoms with Gasteiger partial charge in [-0.05, 0) is 55.3 Å². The van der Waals surface area contributed by atoms with Gasteiger partial charge in [0.2, 0.25) is 0 Å². The zero-order chi connectivity index (χ0) is 15.1. The Morgan fingerprint density at radius 3 is 2.57 bits per heavy atom. The van der Waals surface area contributed by atoms with Gasteiger partial charge in [-0.25, -0.2) is 0 Å². The van der Waals surface area contributed by atoms with E-state index in [1.165, 1.54) is 44.1 Å². The summed E-state index contributed by atoms with van der Waals surface area (Å²) in [7, 11) is 1.73. The number of hydrogen-bond donors (Lipinski definition) is 1. The van der Waals surface area contributed by atoms with Crippen molar-refractivity contribution in [2.45, 2.75) is 58.4 Å². The van der Waals surface area contributed by atoms with Crippen LogP contribution in [0.2, 0.25) is 0 Å². The lowest BCUT2D eigenvalue weighted by Crippen LogP contribution is -2.32. The summed E-state index contributed by atoms with van der Waals surface area (Å²) in [4.78, 5) is 0. The molecule has 0 spiro atoms. The van der Waals surface area contributed by atoms with Crippen molar-refractivity contribution >= 4 is 0 Å². The van der Waals surface area contributed by atoms with Gasteiger partial charge in [0.25, 0.3) is 0 Å². The van der Waals surface area contributed by atoms with Crippen molar-refractivity contribution in [3.63, 3.8) is 0 Å². The summed E-state index contributed by atoms with van der Waals surface area (Å²) in [5.41, 5.74) is 1.42. The summed E-state index contributed by atoms with van der Waals surface area (Å²) in [6.07, 6.45) is 8.09. The van der Waals surface area contributed by atoms with E-state index in [2.05, 4.69) is 43.4 Å². The van der Waals surface area contributed by atoms with Gasteiger partial charge in [0.1, 0.15) is 5.75 Å². The molecule has 2 rings (SSSR count). The smallest absolute Gasteiger partial charge is 0.118 e. The van der Waals surface area contributed by atoms with Crippen LogP contribution in [0.15, 0.2) is 24.3 Å². The molecule has 2 nitrogen and oxygen atoms in total. The molecule has 1 N–H and O–H groups in total. The molecule has 1 aromatic carbocycles. The monoisotopic (exact) mass is 289 g/mol. The third-order valence-electron chi connectivity index (χ3n) is 4.96. The molecule has 0 heterocycles. The molecule has 1 aromatic rings. The van der Waals surface area contributed by atoms with Crippen molar-refractivity contribution < 1.29 is 4.74 Å². The van der Waals surface area contributed by atoms with E-state index in [0.717, 1.165) is 24.1 Å². The van der Waals surface area contributed by atoms with Crippen molar-refractivity contribution in [1.29, 1.82) is 0 Å². The maximum absolute atomic E-state index is 5.29. The quantitative estimate of drug-likeness (QED) is 0.766. The summed E-state index contributed by atoms with van der Waals surface area (Å²) in [5.74, 6) is 2.65. The van der Waals surface area contributed by atoms with Crippen LogP contribution in [-0.2, 0) is 0 Å². The van der Waals surface area contributed by atoms with Crippen LogP contribution in [0.5, 0.6) is 5.75 Å². The largest absolute Gasteiger partial charge is 0.497 e. The minimum Gasteiger partial charge on any atom is -0.497 e. The van der Waals surface area contributed by atoms with Crippen LogP contribution in [0.4, 0.5) is 0 Å². The van der Waals surface area contributed by atoms with Crippen molar-refractivity contribution in [3.8, 4) is 5.75 Å². The third-order valence-corrected chi connectivity index (χ3v) is 4.96. The maximum Gasteiger partial charge on any atom is 0.118 e. The zero-order valence-electron chi connectivity index (χ0n) is 13.9. The molecule has 0 amide bonds. The molecule has 1 fully saturated rings. The second-order valence-corrected chi connectivity index (χ2v) is 6.41. The van der Waals surface area contributed by atoms with Crippen molar-refractivity contribution in [2.24, 2.45) is 11.8 Å². The lowest BCUT2D eigenvalue weighted by Gasteiger charge is -2.35. The minimum absolute atomic E-state index is 0.505. The first-order chi connectivity index (χ1) is 10.3. The fourth-order valence-electron chi connectivity index (χ4n) is 3.67. The first-order valence-corrected chi connectivity index (χ1v) is 8.65. The Bertz CT molecular complexity index is 401. The van der Waals surface area contributed by atoms with Gasteiger partial charge in [-0.3, -0.25) is 0 Å². The normalized spacial score (nSPS) is 23.8. The third kappa shape index (κ3) is 4.47. The number of rotatable bonds is 7. The highest BCUT2D eigenvalue weighted by Crippen LogP contribution is 2.38. The fourth-order valence-corrected chi connectivity index (χ4v) is 3.67. The van der Waals surface area contributed by atoms with Crippen LogP contribution in [-0.4, -0.2) is 13.7 Å². The molecule has 1 aliphatic rings. The van der Waals surface area contributed by atoms with E-state index >= 15 is 0 Å². The Labute approximate surface area is 130 Å². The average molecular weight is 289 g/mol. The lowest BCUT2D eigenvalue weighted by molar-refractivity contribution is 0.209. The molecule has 3 atom stereocenters. The molecule has 2 heteroatoms. The average Bonchev–Trinajstić information content (AvgIpc) is 2.56. The fraction of sp³-hybridized carbons (Fsp3) is 0.684. The SMILES string of the molecule is CCCNC(c1ccc(OC)cc1)C1CCCC(CC)C1. The first-order valence-electron chi connectivity index (χ1n) is 8.65. The van der Waals surface area contributed by atoms with E-state index in [1.807, 2.05) is 0 Å². The minimum atomic E-state index is 0.505. The van der Waals surface area contributed by atoms with Gasteiger partial charge in [-0.15, -0.1) is 0 Å². The van der Waals surface area contributed by atoms with Gasteiger partial charge in [-0.2, -0.15) is 0 Å². The maximum atomic E-state index is 5.29. The van der Waals surface area contributed by atoms with Crippen LogP contribution >= 0.6 is 0 Å². The van der Waals surface area contributed by atoms with E-state index in [1.54, 1.807) is 7.11 Å². The molecular weight excluding hydrogens is 258 g/mol. The summed E-state index contributed by atoms with van der Waals surface area (Å²) in [5, 5.41) is 3.80. The predicted octanol–water partition coefficient (Wildman–Crippen LogP) is 4.95. The van der Waals surface area contributed by atoms with Crippen LogP contribution in [0, 0.1) is 11.8 Å². The summed E-state index contributed by atoms with van der Waals surface area (Å²) >= 11 is 0. The molecule has 0 aliphatic heterocycles. The van der Waals surface area contributed by atoms with E-state index in [-0.39, 0.29) is 0 Å². The molecule has 0 radical (unpaired) electrons. The van der Waals surface area contributed by atoms with Gasteiger partial charge < -0.3 is 10.1 Å². The van der Waals surface area contributed by atoms with Crippen molar-refractivity contribution in [2.75, 3.05) is 13.7 Å². The van der Waals surface area contributed by atoms with E-state index in [4.69, 9.17) is 4.74 Å². The molecule has 0 saturated heterocycles. The van der Waals surface area contributed by atoms with Gasteiger partial charge in [0, 0.05) is 6.04 Å². The number of nitrogens with one attached hydrogen (secondary N) is 1. The molecule has 21 heavy (non-hydrogen) atoms. The summed E-state index contributed by atoms with van der Waals surface area (Å²) < 4.78 is 5.29. The van der Waals surface area contributed by atoms with E-state index in [0.29, 0.717) is 6.04 Å². The molecule has 3 unspecified atom stereocenters. The van der Waals surface area contributed by atoms with Crippen LogP contribution in [0.3, 0.4) is 0 Å². The molecule has 1 saturated carbocycles. The van der Waals surface area contributed by atoms with Gasteiger partial charge in [0.05, 0.1) is 7.11 Å². The lowest BCUT2D eigenvalue weighted by atomic mass is 9.75. The van der Waals surface area contributed by atoms with Crippen molar-refractivity contribution in [3.05, 3.63) is 29.8 Å². The highest BCUT2D eigenvalue weighted by molar-refractivity contribution is 5.29. The molecule has 0 aromatic heterocycles. The van der Waals surface area contributed by atoms with Crippen molar-refractivity contribution in [1.82, 2.24) is 5.32 Å². The first kappa shape index (κ1) is 16.4. The topological polar surface area (TPSA) is 21.3 Å². The summed E-state index contributed by atoms with van der Waals surface area (Å²) in [6.45, 7) is 5.69. The van der Waals surface area contributed by atoms with Gasteiger partial charge in [-0.1, -0.05) is 45.2 Å². The number of benzene rings is 1. The Morgan fingerprint density at radius 1 is 1.19 bits per heavy atom. The summed E-state index contributed by atoms with van der Waals surface area (Å²) in [6, 6.07) is 9.17. The Hall–Kier alpha value is -1.02. The zero-order valence-corrected chi connectivity index (χ0v) is 13.9. The van der Waals surface area contributed by atoms with Crippen LogP contribution in [0.25, 0.3) is 0 Å². The second kappa shape index (κ2) is 8.43. The molecule has 0 bridgehead atoms.